The van der Waals surface area contributed by atoms with Gasteiger partial charge in [-0.2, -0.15) is 0 Å². The van der Waals surface area contributed by atoms with Gasteiger partial charge >= 0.3 is 0 Å². The van der Waals surface area contributed by atoms with Crippen LogP contribution in [0.3, 0.4) is 0 Å². The number of rotatable bonds is 8. The van der Waals surface area contributed by atoms with Crippen molar-refractivity contribution < 1.29 is 14.3 Å². The van der Waals surface area contributed by atoms with E-state index in [1.54, 1.807) is 25.3 Å². The van der Waals surface area contributed by atoms with Gasteiger partial charge in [0.25, 0.3) is 0 Å². The number of nitrogens with one attached hydrogen (secondary N) is 1. The SMILES string of the molecule is COc1ccc(CN(C)CCC(=O)Nc2ccc(Br)cc2C=O)cc1. The molecule has 0 aliphatic carbocycles. The zero-order chi connectivity index (χ0) is 18.2. The fraction of sp³-hybridized carbons (Fsp3) is 0.263. The molecule has 1 amide bonds. The number of anilines is 1. The number of hydrogen-bond acceptors (Lipinski definition) is 4. The minimum Gasteiger partial charge on any atom is -0.497 e. The number of aldehydes is 1. The molecule has 1 N–H and O–H groups in total. The molecule has 25 heavy (non-hydrogen) atoms. The number of nitrogens with zero attached hydrogens (tertiary/aromatic N) is 1. The Balaban J connectivity index is 1.83. The van der Waals surface area contributed by atoms with Crippen LogP contribution in [0.4, 0.5) is 5.69 Å². The van der Waals surface area contributed by atoms with Crippen LogP contribution in [0, 0.1) is 0 Å². The smallest absolute Gasteiger partial charge is 0.225 e. The van der Waals surface area contributed by atoms with Crippen molar-refractivity contribution >= 4 is 33.8 Å². The van der Waals surface area contributed by atoms with Crippen LogP contribution in [-0.4, -0.2) is 37.8 Å². The van der Waals surface area contributed by atoms with Crippen molar-refractivity contribution in [3.8, 4) is 5.75 Å². The molecular formula is C19H21BrN2O3. The summed E-state index contributed by atoms with van der Waals surface area (Å²) in [6.07, 6.45) is 1.08. The van der Waals surface area contributed by atoms with Crippen molar-refractivity contribution in [2.24, 2.45) is 0 Å². The van der Waals surface area contributed by atoms with Gasteiger partial charge in [-0.1, -0.05) is 28.1 Å². The predicted octanol–water partition coefficient (Wildman–Crippen LogP) is 3.73. The van der Waals surface area contributed by atoms with Crippen molar-refractivity contribution in [3.63, 3.8) is 0 Å². The Hall–Kier alpha value is -2.18. The van der Waals surface area contributed by atoms with Gasteiger partial charge in [-0.05, 0) is 42.9 Å². The fourth-order valence-corrected chi connectivity index (χ4v) is 2.75. The zero-order valence-corrected chi connectivity index (χ0v) is 15.9. The summed E-state index contributed by atoms with van der Waals surface area (Å²) in [7, 11) is 3.61. The van der Waals surface area contributed by atoms with E-state index in [9.17, 15) is 9.59 Å². The summed E-state index contributed by atoms with van der Waals surface area (Å²) in [5.74, 6) is 0.707. The molecule has 0 saturated heterocycles. The number of halogens is 1. The largest absolute Gasteiger partial charge is 0.497 e. The number of carbonyl (C=O) groups is 2. The van der Waals surface area contributed by atoms with Crippen LogP contribution in [0.5, 0.6) is 5.75 Å². The molecule has 0 spiro atoms. The molecule has 132 valence electrons. The lowest BCUT2D eigenvalue weighted by Gasteiger charge is -2.17. The highest BCUT2D eigenvalue weighted by Crippen LogP contribution is 2.19. The van der Waals surface area contributed by atoms with Gasteiger partial charge in [-0.25, -0.2) is 0 Å². The summed E-state index contributed by atoms with van der Waals surface area (Å²) >= 11 is 3.31. The summed E-state index contributed by atoms with van der Waals surface area (Å²) in [5, 5.41) is 2.79. The zero-order valence-electron chi connectivity index (χ0n) is 14.3. The van der Waals surface area contributed by atoms with E-state index >= 15 is 0 Å². The van der Waals surface area contributed by atoms with E-state index in [1.165, 1.54) is 0 Å². The Labute approximate surface area is 156 Å². The lowest BCUT2D eigenvalue weighted by molar-refractivity contribution is -0.116. The van der Waals surface area contributed by atoms with Crippen molar-refractivity contribution in [1.82, 2.24) is 4.90 Å². The first-order chi connectivity index (χ1) is 12.0. The normalized spacial score (nSPS) is 10.6. The molecule has 0 heterocycles. The van der Waals surface area contributed by atoms with Crippen LogP contribution in [0.2, 0.25) is 0 Å². The van der Waals surface area contributed by atoms with Crippen LogP contribution < -0.4 is 10.1 Å². The third kappa shape index (κ3) is 5.99. The number of carbonyl (C=O) groups excluding carboxylic acids is 2. The number of benzene rings is 2. The molecule has 2 aromatic rings. The van der Waals surface area contributed by atoms with Crippen molar-refractivity contribution in [2.45, 2.75) is 13.0 Å². The molecule has 0 bridgehead atoms. The second-order valence-corrected chi connectivity index (χ2v) is 6.65. The highest BCUT2D eigenvalue weighted by atomic mass is 79.9. The summed E-state index contributed by atoms with van der Waals surface area (Å²) < 4.78 is 5.94. The van der Waals surface area contributed by atoms with Gasteiger partial charge in [0.1, 0.15) is 5.75 Å². The monoisotopic (exact) mass is 404 g/mol. The van der Waals surface area contributed by atoms with Gasteiger partial charge < -0.3 is 15.0 Å². The molecule has 0 fully saturated rings. The third-order valence-electron chi connectivity index (χ3n) is 3.75. The first kappa shape index (κ1) is 19.1. The maximum Gasteiger partial charge on any atom is 0.225 e. The summed E-state index contributed by atoms with van der Waals surface area (Å²) in [4.78, 5) is 25.3. The second-order valence-electron chi connectivity index (χ2n) is 5.73. The maximum atomic E-state index is 12.1. The van der Waals surface area contributed by atoms with Gasteiger partial charge in [0.05, 0.1) is 12.8 Å². The van der Waals surface area contributed by atoms with Gasteiger partial charge in [-0.3, -0.25) is 9.59 Å². The summed E-state index contributed by atoms with van der Waals surface area (Å²) in [6, 6.07) is 13.0. The molecule has 0 atom stereocenters. The standard InChI is InChI=1S/C19H21BrN2O3/c1-22(12-14-3-6-17(25-2)7-4-14)10-9-19(24)21-18-8-5-16(20)11-15(18)13-23/h3-8,11,13H,9-10,12H2,1-2H3,(H,21,24). The van der Waals surface area contributed by atoms with E-state index in [4.69, 9.17) is 4.74 Å². The summed E-state index contributed by atoms with van der Waals surface area (Å²) in [5.41, 5.74) is 2.13. The highest BCUT2D eigenvalue weighted by molar-refractivity contribution is 9.10. The van der Waals surface area contributed by atoms with Gasteiger partial charge in [0.2, 0.25) is 5.91 Å². The average molecular weight is 405 g/mol. The maximum absolute atomic E-state index is 12.1. The van der Waals surface area contributed by atoms with E-state index < -0.39 is 0 Å². The molecule has 0 radical (unpaired) electrons. The van der Waals surface area contributed by atoms with Crippen LogP contribution in [0.25, 0.3) is 0 Å². The molecule has 0 aromatic heterocycles. The Morgan fingerprint density at radius 2 is 1.96 bits per heavy atom. The lowest BCUT2D eigenvalue weighted by atomic mass is 10.2. The minimum atomic E-state index is -0.119. The Bertz CT molecular complexity index is 732. The van der Waals surface area contributed by atoms with Crippen LogP contribution in [0.1, 0.15) is 22.3 Å². The molecule has 0 saturated carbocycles. The molecule has 6 heteroatoms. The highest BCUT2D eigenvalue weighted by Gasteiger charge is 2.09. The van der Waals surface area contributed by atoms with E-state index in [0.717, 1.165) is 28.6 Å². The van der Waals surface area contributed by atoms with E-state index in [1.807, 2.05) is 31.3 Å². The average Bonchev–Trinajstić information content (AvgIpc) is 2.62. The fourth-order valence-electron chi connectivity index (χ4n) is 2.37. The topological polar surface area (TPSA) is 58.6 Å². The molecule has 0 aliphatic rings. The number of ether oxygens (including phenoxy) is 1. The number of amides is 1. The molecule has 5 nitrogen and oxygen atoms in total. The molecule has 2 rings (SSSR count). The second kappa shape index (κ2) is 9.34. The van der Waals surface area contributed by atoms with Crippen LogP contribution in [0.15, 0.2) is 46.9 Å². The molecule has 0 unspecified atom stereocenters. The van der Waals surface area contributed by atoms with Crippen molar-refractivity contribution in [1.29, 1.82) is 0 Å². The van der Waals surface area contributed by atoms with Crippen molar-refractivity contribution in [3.05, 3.63) is 58.1 Å². The van der Waals surface area contributed by atoms with Crippen molar-refractivity contribution in [2.75, 3.05) is 26.0 Å². The molecule has 0 aliphatic heterocycles. The van der Waals surface area contributed by atoms with E-state index in [-0.39, 0.29) is 5.91 Å². The van der Waals surface area contributed by atoms with Crippen LogP contribution >= 0.6 is 15.9 Å². The van der Waals surface area contributed by atoms with Gasteiger partial charge in [0, 0.05) is 29.5 Å². The number of methoxy groups -OCH3 is 1. The third-order valence-corrected chi connectivity index (χ3v) is 4.24. The first-order valence-corrected chi connectivity index (χ1v) is 8.67. The Kier molecular flexibility index (Phi) is 7.16. The number of hydrogen-bond donors (Lipinski definition) is 1. The van der Waals surface area contributed by atoms with Gasteiger partial charge in [-0.15, -0.1) is 0 Å². The molecular weight excluding hydrogens is 384 g/mol. The lowest BCUT2D eigenvalue weighted by Crippen LogP contribution is -2.24. The Morgan fingerprint density at radius 1 is 1.24 bits per heavy atom. The first-order valence-electron chi connectivity index (χ1n) is 7.88. The van der Waals surface area contributed by atoms with Gasteiger partial charge in [0.15, 0.2) is 6.29 Å². The molecule has 2 aromatic carbocycles. The van der Waals surface area contributed by atoms with Crippen LogP contribution in [-0.2, 0) is 11.3 Å². The quantitative estimate of drug-likeness (QED) is 0.680. The van der Waals surface area contributed by atoms with E-state index in [2.05, 4.69) is 26.1 Å². The summed E-state index contributed by atoms with van der Waals surface area (Å²) in [6.45, 7) is 1.36. The minimum absolute atomic E-state index is 0.119. The predicted molar refractivity (Wildman–Crippen MR) is 102 cm³/mol. The van der Waals surface area contributed by atoms with E-state index in [0.29, 0.717) is 24.2 Å². The Morgan fingerprint density at radius 3 is 2.60 bits per heavy atom.